The Balaban J connectivity index is 2.71. The van der Waals surface area contributed by atoms with Gasteiger partial charge in [-0.25, -0.2) is 9.78 Å². The van der Waals surface area contributed by atoms with Crippen molar-refractivity contribution in [1.29, 1.82) is 0 Å². The smallest absolute Gasteiger partial charge is 0.340 e. The van der Waals surface area contributed by atoms with Gasteiger partial charge in [-0.2, -0.15) is 4.98 Å². The number of carbonyl (C=O) groups is 1. The molecule has 0 saturated heterocycles. The van der Waals surface area contributed by atoms with E-state index in [0.29, 0.717) is 23.2 Å². The molecule has 2 rings (SSSR count). The van der Waals surface area contributed by atoms with Gasteiger partial charge in [0.25, 0.3) is 0 Å². The molecule has 2 aromatic rings. The summed E-state index contributed by atoms with van der Waals surface area (Å²) in [7, 11) is 1.82. The molecule has 0 bridgehead atoms. The van der Waals surface area contributed by atoms with Gasteiger partial charge >= 0.3 is 5.97 Å². The summed E-state index contributed by atoms with van der Waals surface area (Å²) in [5.74, 6) is -0.360. The molecule has 0 saturated carbocycles. The first-order valence-electron chi connectivity index (χ1n) is 5.21. The lowest BCUT2D eigenvalue weighted by Crippen LogP contribution is -2.06. The van der Waals surface area contributed by atoms with Crippen LogP contribution in [0.3, 0.4) is 0 Å². The van der Waals surface area contributed by atoms with Crippen LogP contribution in [0.4, 0.5) is 0 Å². The van der Waals surface area contributed by atoms with Crippen LogP contribution in [-0.4, -0.2) is 27.1 Å². The number of nitrogens with zero attached hydrogens (tertiary/aromatic N) is 3. The fourth-order valence-corrected chi connectivity index (χ4v) is 1.90. The van der Waals surface area contributed by atoms with Gasteiger partial charge in [-0.3, -0.25) is 0 Å². The number of carbonyl (C=O) groups excluding carboxylic acids is 1. The van der Waals surface area contributed by atoms with Crippen molar-refractivity contribution in [3.8, 4) is 0 Å². The lowest BCUT2D eigenvalue weighted by atomic mass is 10.2. The van der Waals surface area contributed by atoms with Crippen molar-refractivity contribution in [3.05, 3.63) is 22.7 Å². The second-order valence-electron chi connectivity index (χ2n) is 3.62. The van der Waals surface area contributed by atoms with E-state index in [2.05, 4.69) is 9.97 Å². The number of aryl methyl sites for hydroxylation is 1. The van der Waals surface area contributed by atoms with Crippen molar-refractivity contribution in [1.82, 2.24) is 14.5 Å². The van der Waals surface area contributed by atoms with Gasteiger partial charge in [0.2, 0.25) is 5.28 Å². The van der Waals surface area contributed by atoms with Crippen LogP contribution in [-0.2, 0) is 11.8 Å². The molecule has 0 unspecified atom stereocenters. The molecule has 0 amide bonds. The molecule has 0 radical (unpaired) electrons. The van der Waals surface area contributed by atoms with Crippen LogP contribution in [0.5, 0.6) is 0 Å². The summed E-state index contributed by atoms with van der Waals surface area (Å²) in [6, 6.07) is 0. The third-order valence-electron chi connectivity index (χ3n) is 2.67. The monoisotopic (exact) mass is 253 g/mol. The van der Waals surface area contributed by atoms with Gasteiger partial charge in [-0.15, -0.1) is 0 Å². The molecule has 2 heterocycles. The van der Waals surface area contributed by atoms with E-state index in [0.717, 1.165) is 5.69 Å². The zero-order valence-corrected chi connectivity index (χ0v) is 10.6. The highest BCUT2D eigenvalue weighted by atomic mass is 35.5. The molecule has 0 N–H and O–H groups in total. The molecule has 0 fully saturated rings. The molecule has 0 aliphatic rings. The van der Waals surface area contributed by atoms with Gasteiger partial charge in [-0.05, 0) is 25.4 Å². The van der Waals surface area contributed by atoms with Crippen LogP contribution >= 0.6 is 11.6 Å². The molecule has 0 atom stereocenters. The summed E-state index contributed by atoms with van der Waals surface area (Å²) >= 11 is 5.74. The van der Waals surface area contributed by atoms with Crippen LogP contribution in [0, 0.1) is 6.92 Å². The van der Waals surface area contributed by atoms with Crippen molar-refractivity contribution in [2.75, 3.05) is 6.61 Å². The van der Waals surface area contributed by atoms with Crippen molar-refractivity contribution in [3.63, 3.8) is 0 Å². The lowest BCUT2D eigenvalue weighted by Gasteiger charge is -2.01. The number of esters is 1. The Morgan fingerprint density at radius 3 is 2.94 bits per heavy atom. The first-order chi connectivity index (χ1) is 8.06. The van der Waals surface area contributed by atoms with E-state index in [1.807, 2.05) is 14.0 Å². The van der Waals surface area contributed by atoms with E-state index in [-0.39, 0.29) is 11.3 Å². The molecule has 2 aromatic heterocycles. The SMILES string of the molecule is CCOC(=O)c1c(C)n(C)c2nc(Cl)ncc12. The Morgan fingerprint density at radius 1 is 1.59 bits per heavy atom. The highest BCUT2D eigenvalue weighted by Crippen LogP contribution is 2.24. The lowest BCUT2D eigenvalue weighted by molar-refractivity contribution is 0.0527. The summed E-state index contributed by atoms with van der Waals surface area (Å²) in [6.07, 6.45) is 1.55. The summed E-state index contributed by atoms with van der Waals surface area (Å²) < 4.78 is 6.82. The van der Waals surface area contributed by atoms with Crippen LogP contribution in [0.15, 0.2) is 6.20 Å². The van der Waals surface area contributed by atoms with E-state index in [1.54, 1.807) is 17.7 Å². The summed E-state index contributed by atoms with van der Waals surface area (Å²) in [4.78, 5) is 19.9. The quantitative estimate of drug-likeness (QED) is 0.608. The predicted octanol–water partition coefficient (Wildman–Crippen LogP) is 2.11. The van der Waals surface area contributed by atoms with E-state index < -0.39 is 0 Å². The minimum atomic E-state index is -0.360. The molecule has 6 heteroatoms. The molecule has 0 spiro atoms. The number of ether oxygens (including phenoxy) is 1. The van der Waals surface area contributed by atoms with Crippen LogP contribution < -0.4 is 0 Å². The summed E-state index contributed by atoms with van der Waals surface area (Å²) in [5.41, 5.74) is 1.92. The molecule has 5 nitrogen and oxygen atoms in total. The Hall–Kier alpha value is -1.62. The Labute approximate surface area is 103 Å². The first kappa shape index (κ1) is 11.9. The standard InChI is InChI=1S/C11H12ClN3O2/c1-4-17-10(16)8-6(2)15(3)9-7(8)5-13-11(12)14-9/h5H,4H2,1-3H3. The van der Waals surface area contributed by atoms with Crippen LogP contribution in [0.25, 0.3) is 11.0 Å². The number of rotatable bonds is 2. The average molecular weight is 254 g/mol. The Kier molecular flexibility index (Phi) is 3.02. The van der Waals surface area contributed by atoms with Gasteiger partial charge in [-0.1, -0.05) is 0 Å². The minimum absolute atomic E-state index is 0.161. The zero-order valence-electron chi connectivity index (χ0n) is 9.82. The summed E-state index contributed by atoms with van der Waals surface area (Å²) in [6.45, 7) is 3.94. The average Bonchev–Trinajstić information content (AvgIpc) is 2.53. The number of hydrogen-bond acceptors (Lipinski definition) is 4. The van der Waals surface area contributed by atoms with E-state index >= 15 is 0 Å². The highest BCUT2D eigenvalue weighted by molar-refractivity contribution is 6.28. The second-order valence-corrected chi connectivity index (χ2v) is 3.95. The molecule has 17 heavy (non-hydrogen) atoms. The maximum atomic E-state index is 11.9. The number of halogens is 1. The number of aromatic nitrogens is 3. The summed E-state index contributed by atoms with van der Waals surface area (Å²) in [5, 5.41) is 0.821. The normalized spacial score (nSPS) is 10.8. The zero-order chi connectivity index (χ0) is 12.6. The highest BCUT2D eigenvalue weighted by Gasteiger charge is 2.20. The predicted molar refractivity (Wildman–Crippen MR) is 64.2 cm³/mol. The maximum Gasteiger partial charge on any atom is 0.340 e. The third-order valence-corrected chi connectivity index (χ3v) is 2.85. The topological polar surface area (TPSA) is 57.0 Å². The van der Waals surface area contributed by atoms with Crippen LogP contribution in [0.2, 0.25) is 5.28 Å². The van der Waals surface area contributed by atoms with E-state index in [9.17, 15) is 4.79 Å². The Morgan fingerprint density at radius 2 is 2.29 bits per heavy atom. The van der Waals surface area contributed by atoms with Crippen LogP contribution in [0.1, 0.15) is 23.0 Å². The number of fused-ring (bicyclic) bond motifs is 1. The third kappa shape index (κ3) is 1.86. The van der Waals surface area contributed by atoms with E-state index in [4.69, 9.17) is 16.3 Å². The Bertz CT molecular complexity index is 592. The molecular weight excluding hydrogens is 242 g/mol. The van der Waals surface area contributed by atoms with Crippen molar-refractivity contribution >= 4 is 28.6 Å². The van der Waals surface area contributed by atoms with E-state index in [1.165, 1.54) is 0 Å². The van der Waals surface area contributed by atoms with Gasteiger partial charge < -0.3 is 9.30 Å². The largest absolute Gasteiger partial charge is 0.462 e. The minimum Gasteiger partial charge on any atom is -0.462 e. The van der Waals surface area contributed by atoms with Gasteiger partial charge in [0.05, 0.1) is 17.6 Å². The molecule has 0 aliphatic carbocycles. The molecule has 0 aromatic carbocycles. The maximum absolute atomic E-state index is 11.9. The van der Waals surface area contributed by atoms with Crippen molar-refractivity contribution < 1.29 is 9.53 Å². The van der Waals surface area contributed by atoms with Crippen molar-refractivity contribution in [2.45, 2.75) is 13.8 Å². The fraction of sp³-hybridized carbons (Fsp3) is 0.364. The molecule has 90 valence electrons. The first-order valence-corrected chi connectivity index (χ1v) is 5.58. The molecule has 0 aliphatic heterocycles. The molecular formula is C11H12ClN3O2. The fourth-order valence-electron chi connectivity index (χ4n) is 1.77. The number of hydrogen-bond donors (Lipinski definition) is 0. The van der Waals surface area contributed by atoms with Gasteiger partial charge in [0.1, 0.15) is 5.65 Å². The van der Waals surface area contributed by atoms with Gasteiger partial charge in [0.15, 0.2) is 0 Å². The van der Waals surface area contributed by atoms with Gasteiger partial charge in [0, 0.05) is 18.9 Å². The van der Waals surface area contributed by atoms with Crippen molar-refractivity contribution in [2.24, 2.45) is 7.05 Å². The second kappa shape index (κ2) is 4.33.